The molecule has 6 nitrogen and oxygen atoms in total. The number of carbonyl (C=O) groups is 1. The normalized spacial score (nSPS) is 18.9. The number of fused-ring (bicyclic) bond motifs is 1. The van der Waals surface area contributed by atoms with E-state index < -0.39 is 11.9 Å². The summed E-state index contributed by atoms with van der Waals surface area (Å²) in [6.45, 7) is 5.10. The summed E-state index contributed by atoms with van der Waals surface area (Å²) in [5.74, 6) is -0.893. The van der Waals surface area contributed by atoms with Crippen LogP contribution in [0.2, 0.25) is 0 Å². The number of amides is 1. The molecule has 36 heavy (non-hydrogen) atoms. The highest BCUT2D eigenvalue weighted by atomic mass is 19.1. The molecule has 8 heteroatoms. The number of rotatable bonds is 7. The molecule has 4 rings (SSSR count). The van der Waals surface area contributed by atoms with Gasteiger partial charge in [0.25, 0.3) is 5.91 Å². The molecule has 1 amide bonds. The molecule has 3 aromatic rings. The van der Waals surface area contributed by atoms with E-state index in [0.29, 0.717) is 30.8 Å². The van der Waals surface area contributed by atoms with E-state index in [4.69, 9.17) is 4.74 Å². The standard InChI is InChI=1S/C28H31F2N3O3/c1-18-14-33(19(2)17-34)28(35)24-12-21(23-6-4-5-7-25(23)30)13-31-27(24)36-26(18)16-32(3)15-20-8-10-22(29)11-9-20/h4-13,18-19,26,34H,14-17H2,1-3H3/t18-,19-,26-/m0/s1. The van der Waals surface area contributed by atoms with Crippen LogP contribution in [0.15, 0.2) is 60.8 Å². The minimum atomic E-state index is -0.416. The number of aromatic nitrogens is 1. The minimum absolute atomic E-state index is 0.0696. The van der Waals surface area contributed by atoms with E-state index in [1.54, 1.807) is 48.2 Å². The van der Waals surface area contributed by atoms with Crippen molar-refractivity contribution in [1.82, 2.24) is 14.8 Å². The smallest absolute Gasteiger partial charge is 0.259 e. The second-order valence-corrected chi connectivity index (χ2v) is 9.50. The van der Waals surface area contributed by atoms with E-state index in [1.165, 1.54) is 24.4 Å². The van der Waals surface area contributed by atoms with Gasteiger partial charge in [-0.15, -0.1) is 0 Å². The lowest BCUT2D eigenvalue weighted by atomic mass is 9.99. The summed E-state index contributed by atoms with van der Waals surface area (Å²) in [7, 11) is 1.95. The Bertz CT molecular complexity index is 1200. The second-order valence-electron chi connectivity index (χ2n) is 9.50. The van der Waals surface area contributed by atoms with Crippen molar-refractivity contribution in [2.24, 2.45) is 5.92 Å². The maximum absolute atomic E-state index is 14.5. The zero-order valence-electron chi connectivity index (χ0n) is 20.7. The Balaban J connectivity index is 1.66. The van der Waals surface area contributed by atoms with Crippen LogP contribution in [0, 0.1) is 17.6 Å². The van der Waals surface area contributed by atoms with Crippen LogP contribution < -0.4 is 4.74 Å². The van der Waals surface area contributed by atoms with Gasteiger partial charge < -0.3 is 14.7 Å². The van der Waals surface area contributed by atoms with Crippen molar-refractivity contribution >= 4 is 5.91 Å². The largest absolute Gasteiger partial charge is 0.472 e. The Labute approximate surface area is 210 Å². The molecule has 3 atom stereocenters. The molecule has 2 aromatic carbocycles. The quantitative estimate of drug-likeness (QED) is 0.527. The topological polar surface area (TPSA) is 65.9 Å². The van der Waals surface area contributed by atoms with E-state index in [1.807, 2.05) is 14.0 Å². The second kappa shape index (κ2) is 11.1. The van der Waals surface area contributed by atoms with Crippen molar-refractivity contribution in [1.29, 1.82) is 0 Å². The molecular formula is C28H31F2N3O3. The highest BCUT2D eigenvalue weighted by Crippen LogP contribution is 2.31. The average molecular weight is 496 g/mol. The summed E-state index contributed by atoms with van der Waals surface area (Å²) in [5.41, 5.74) is 2.01. The number of benzene rings is 2. The molecule has 0 saturated heterocycles. The predicted molar refractivity (Wildman–Crippen MR) is 134 cm³/mol. The van der Waals surface area contributed by atoms with Crippen LogP contribution in [0.3, 0.4) is 0 Å². The molecule has 0 fully saturated rings. The number of ether oxygens (including phenoxy) is 1. The molecule has 0 unspecified atom stereocenters. The van der Waals surface area contributed by atoms with Crippen molar-refractivity contribution in [2.75, 3.05) is 26.7 Å². The number of halogens is 2. The van der Waals surface area contributed by atoms with Crippen molar-refractivity contribution in [3.05, 3.63) is 83.6 Å². The molecule has 0 radical (unpaired) electrons. The SMILES string of the molecule is C[C@H]1CN([C@@H](C)CO)C(=O)c2cc(-c3ccccc3F)cnc2O[C@H]1CN(C)Cc1ccc(F)cc1. The van der Waals surface area contributed by atoms with Crippen molar-refractivity contribution in [3.8, 4) is 17.0 Å². The zero-order valence-corrected chi connectivity index (χ0v) is 20.7. The summed E-state index contributed by atoms with van der Waals surface area (Å²) in [6, 6.07) is 13.9. The average Bonchev–Trinajstić information content (AvgIpc) is 2.87. The fourth-order valence-electron chi connectivity index (χ4n) is 4.44. The Hall–Kier alpha value is -3.36. The lowest BCUT2D eigenvalue weighted by Crippen LogP contribution is -2.49. The van der Waals surface area contributed by atoms with Crippen LogP contribution >= 0.6 is 0 Å². The number of likely N-dealkylation sites (N-methyl/N-ethyl adjacent to an activating group) is 1. The molecule has 0 saturated carbocycles. The van der Waals surface area contributed by atoms with Gasteiger partial charge in [-0.2, -0.15) is 0 Å². The van der Waals surface area contributed by atoms with Gasteiger partial charge in [-0.25, -0.2) is 13.8 Å². The fraction of sp³-hybridized carbons (Fsp3) is 0.357. The van der Waals surface area contributed by atoms with Gasteiger partial charge in [0.15, 0.2) is 0 Å². The lowest BCUT2D eigenvalue weighted by molar-refractivity contribution is 0.0325. The molecule has 0 bridgehead atoms. The highest BCUT2D eigenvalue weighted by Gasteiger charge is 2.34. The molecule has 0 spiro atoms. The van der Waals surface area contributed by atoms with E-state index in [9.17, 15) is 18.7 Å². The van der Waals surface area contributed by atoms with Gasteiger partial charge in [-0.1, -0.05) is 37.3 Å². The summed E-state index contributed by atoms with van der Waals surface area (Å²) < 4.78 is 34.0. The number of pyridine rings is 1. The Morgan fingerprint density at radius 1 is 1.17 bits per heavy atom. The number of hydrogen-bond donors (Lipinski definition) is 1. The molecule has 1 N–H and O–H groups in total. The highest BCUT2D eigenvalue weighted by molar-refractivity contribution is 5.98. The lowest BCUT2D eigenvalue weighted by Gasteiger charge is -2.37. The van der Waals surface area contributed by atoms with Gasteiger partial charge in [0.2, 0.25) is 5.88 Å². The molecule has 1 aliphatic heterocycles. The van der Waals surface area contributed by atoms with Gasteiger partial charge in [0, 0.05) is 42.9 Å². The molecule has 1 aromatic heterocycles. The molecular weight excluding hydrogens is 464 g/mol. The Kier molecular flexibility index (Phi) is 7.96. The van der Waals surface area contributed by atoms with Crippen LogP contribution in [-0.2, 0) is 6.54 Å². The summed E-state index contributed by atoms with van der Waals surface area (Å²) >= 11 is 0. The molecule has 0 aliphatic carbocycles. The van der Waals surface area contributed by atoms with Crippen LogP contribution in [0.25, 0.3) is 11.1 Å². The third-order valence-corrected chi connectivity index (χ3v) is 6.56. The Morgan fingerprint density at radius 3 is 2.58 bits per heavy atom. The van der Waals surface area contributed by atoms with Gasteiger partial charge in [-0.05, 0) is 43.8 Å². The number of aliphatic hydroxyl groups is 1. The van der Waals surface area contributed by atoms with Crippen LogP contribution in [0.1, 0.15) is 29.8 Å². The van der Waals surface area contributed by atoms with Crippen LogP contribution in [0.5, 0.6) is 5.88 Å². The van der Waals surface area contributed by atoms with Crippen molar-refractivity contribution < 1.29 is 23.4 Å². The minimum Gasteiger partial charge on any atom is -0.472 e. The first-order chi connectivity index (χ1) is 17.3. The number of nitrogens with zero attached hydrogens (tertiary/aromatic N) is 3. The maximum atomic E-state index is 14.5. The van der Waals surface area contributed by atoms with Gasteiger partial charge in [0.05, 0.1) is 12.6 Å². The summed E-state index contributed by atoms with van der Waals surface area (Å²) in [5, 5.41) is 9.84. The van der Waals surface area contributed by atoms with Crippen LogP contribution in [0.4, 0.5) is 8.78 Å². The van der Waals surface area contributed by atoms with Crippen LogP contribution in [-0.4, -0.2) is 64.7 Å². The summed E-state index contributed by atoms with van der Waals surface area (Å²) in [4.78, 5) is 21.7. The van der Waals surface area contributed by atoms with E-state index in [-0.39, 0.29) is 41.8 Å². The maximum Gasteiger partial charge on any atom is 0.259 e. The molecule has 1 aliphatic rings. The molecule has 2 heterocycles. The van der Waals surface area contributed by atoms with Gasteiger partial charge in [-0.3, -0.25) is 9.69 Å². The number of aliphatic hydroxyl groups excluding tert-OH is 1. The van der Waals surface area contributed by atoms with Gasteiger partial charge in [0.1, 0.15) is 23.3 Å². The Morgan fingerprint density at radius 2 is 1.89 bits per heavy atom. The fourth-order valence-corrected chi connectivity index (χ4v) is 4.44. The third-order valence-electron chi connectivity index (χ3n) is 6.56. The van der Waals surface area contributed by atoms with Gasteiger partial charge >= 0.3 is 0 Å². The van der Waals surface area contributed by atoms with E-state index in [2.05, 4.69) is 9.88 Å². The third kappa shape index (κ3) is 5.71. The monoisotopic (exact) mass is 495 g/mol. The summed E-state index contributed by atoms with van der Waals surface area (Å²) in [6.07, 6.45) is 1.19. The van der Waals surface area contributed by atoms with Crippen molar-refractivity contribution in [2.45, 2.75) is 32.5 Å². The number of hydrogen-bond acceptors (Lipinski definition) is 5. The molecule has 190 valence electrons. The zero-order chi connectivity index (χ0) is 25.8. The first kappa shape index (κ1) is 25.7. The number of carbonyl (C=O) groups excluding carboxylic acids is 1. The van der Waals surface area contributed by atoms with E-state index in [0.717, 1.165) is 5.56 Å². The predicted octanol–water partition coefficient (Wildman–Crippen LogP) is 4.38. The van der Waals surface area contributed by atoms with E-state index >= 15 is 0 Å². The first-order valence-corrected chi connectivity index (χ1v) is 12.0. The van der Waals surface area contributed by atoms with Crippen molar-refractivity contribution in [3.63, 3.8) is 0 Å². The first-order valence-electron chi connectivity index (χ1n) is 12.0.